The number of nitrogens with zero attached hydrogens (tertiary/aromatic N) is 3. The average Bonchev–Trinajstić information content (AvgIpc) is 3.02. The Bertz CT molecular complexity index is 1510. The maximum absolute atomic E-state index is 13.5. The molecule has 0 saturated carbocycles. The first-order valence-corrected chi connectivity index (χ1v) is 15.9. The number of para-hydroxylation sites is 1. The van der Waals surface area contributed by atoms with Gasteiger partial charge >= 0.3 is 0 Å². The monoisotopic (exact) mass is 594 g/mol. The van der Waals surface area contributed by atoms with Crippen molar-refractivity contribution < 1.29 is 9.18 Å². The van der Waals surface area contributed by atoms with Crippen molar-refractivity contribution >= 4 is 34.2 Å². The zero-order valence-electron chi connectivity index (χ0n) is 24.9. The second kappa shape index (κ2) is 15.0. The Morgan fingerprint density at radius 2 is 1.53 bits per heavy atom. The molecule has 0 radical (unpaired) electrons. The zero-order chi connectivity index (χ0) is 30.0. The number of rotatable bonds is 12. The summed E-state index contributed by atoms with van der Waals surface area (Å²) in [7, 11) is 4.22. The molecule has 0 bridgehead atoms. The number of carbonyl (C=O) groups is 1. The van der Waals surface area contributed by atoms with Gasteiger partial charge in [0.15, 0.2) is 5.17 Å². The smallest absolute Gasteiger partial charge is 0.222 e. The fourth-order valence-electron chi connectivity index (χ4n) is 5.27. The molecule has 0 spiro atoms. The SMILES string of the molecule is CN(C)CCCCCSC1=Nc2ccccc2C(CC(=O)NCc2ccccc2)N1c1ccc(-c2ccc(F)cc2)cc1. The van der Waals surface area contributed by atoms with Gasteiger partial charge in [0.2, 0.25) is 5.91 Å². The maximum atomic E-state index is 13.5. The summed E-state index contributed by atoms with van der Waals surface area (Å²) < 4.78 is 13.5. The van der Waals surface area contributed by atoms with Crippen molar-refractivity contribution in [3.63, 3.8) is 0 Å². The molecule has 0 saturated heterocycles. The van der Waals surface area contributed by atoms with E-state index in [2.05, 4.69) is 59.5 Å². The lowest BCUT2D eigenvalue weighted by Crippen LogP contribution is -2.39. The quantitative estimate of drug-likeness (QED) is 0.168. The van der Waals surface area contributed by atoms with Crippen LogP contribution < -0.4 is 10.2 Å². The molecule has 1 amide bonds. The van der Waals surface area contributed by atoms with Gasteiger partial charge in [-0.15, -0.1) is 0 Å². The molecule has 0 aliphatic carbocycles. The molecule has 222 valence electrons. The number of hydrogen-bond acceptors (Lipinski definition) is 5. The van der Waals surface area contributed by atoms with E-state index in [4.69, 9.17) is 4.99 Å². The predicted octanol–water partition coefficient (Wildman–Crippen LogP) is 8.21. The first-order valence-electron chi connectivity index (χ1n) is 14.9. The van der Waals surface area contributed by atoms with Crippen LogP contribution in [0.1, 0.15) is 42.9 Å². The standard InChI is InChI=1S/C36H39FN4OS/c1-40(2)23-9-4-10-24-43-36-39-33-14-8-7-13-32(33)34(25-35(42)38-26-27-11-5-3-6-12-27)41(36)31-21-17-29(18-22-31)28-15-19-30(37)20-16-28/h3,5-8,11-22,34H,4,9-10,23-26H2,1-2H3,(H,38,42). The Morgan fingerprint density at radius 3 is 2.26 bits per heavy atom. The number of anilines is 1. The molecular formula is C36H39FN4OS. The summed E-state index contributed by atoms with van der Waals surface area (Å²) in [5.41, 5.74) is 5.95. The lowest BCUT2D eigenvalue weighted by Gasteiger charge is -2.38. The van der Waals surface area contributed by atoms with Crippen molar-refractivity contribution in [3.8, 4) is 11.1 Å². The maximum Gasteiger partial charge on any atom is 0.222 e. The van der Waals surface area contributed by atoms with Crippen LogP contribution in [0.2, 0.25) is 0 Å². The van der Waals surface area contributed by atoms with Crippen LogP contribution in [0.15, 0.2) is 108 Å². The highest BCUT2D eigenvalue weighted by Crippen LogP contribution is 2.42. The van der Waals surface area contributed by atoms with Crippen LogP contribution in [0.5, 0.6) is 0 Å². The van der Waals surface area contributed by atoms with Gasteiger partial charge in [0.1, 0.15) is 5.82 Å². The molecule has 1 unspecified atom stereocenters. The number of hydrogen-bond donors (Lipinski definition) is 1. The number of unbranched alkanes of at least 4 members (excludes halogenated alkanes) is 2. The Morgan fingerprint density at radius 1 is 0.860 bits per heavy atom. The molecule has 1 aliphatic rings. The van der Waals surface area contributed by atoms with Crippen molar-refractivity contribution in [3.05, 3.63) is 120 Å². The van der Waals surface area contributed by atoms with Gasteiger partial charge in [-0.1, -0.05) is 91.0 Å². The molecule has 1 atom stereocenters. The van der Waals surface area contributed by atoms with Crippen LogP contribution >= 0.6 is 11.8 Å². The molecule has 1 heterocycles. The molecule has 0 fully saturated rings. The van der Waals surface area contributed by atoms with Gasteiger partial charge < -0.3 is 15.1 Å². The van der Waals surface area contributed by atoms with E-state index >= 15 is 0 Å². The summed E-state index contributed by atoms with van der Waals surface area (Å²) >= 11 is 1.75. The fourth-order valence-corrected chi connectivity index (χ4v) is 6.33. The number of benzene rings is 4. The summed E-state index contributed by atoms with van der Waals surface area (Å²) in [4.78, 5) is 23.0. The normalized spacial score (nSPS) is 14.4. The molecule has 4 aromatic rings. The molecule has 7 heteroatoms. The second-order valence-corrected chi connectivity index (χ2v) is 12.1. The zero-order valence-corrected chi connectivity index (χ0v) is 25.7. The van der Waals surface area contributed by atoms with Gasteiger partial charge in [-0.3, -0.25) is 4.79 Å². The Balaban J connectivity index is 1.41. The molecule has 43 heavy (non-hydrogen) atoms. The minimum Gasteiger partial charge on any atom is -0.352 e. The van der Waals surface area contributed by atoms with Gasteiger partial charge in [-0.2, -0.15) is 0 Å². The minimum absolute atomic E-state index is 0.00785. The number of amides is 1. The average molecular weight is 595 g/mol. The molecular weight excluding hydrogens is 555 g/mol. The fraction of sp³-hybridized carbons (Fsp3) is 0.278. The topological polar surface area (TPSA) is 47.9 Å². The molecule has 4 aromatic carbocycles. The number of aliphatic imine (C=N–C) groups is 1. The van der Waals surface area contributed by atoms with Gasteiger partial charge in [0.05, 0.1) is 18.2 Å². The van der Waals surface area contributed by atoms with Crippen molar-refractivity contribution in [2.24, 2.45) is 4.99 Å². The van der Waals surface area contributed by atoms with Gasteiger partial charge in [0, 0.05) is 23.5 Å². The van der Waals surface area contributed by atoms with Crippen LogP contribution in [0, 0.1) is 5.82 Å². The molecule has 0 aromatic heterocycles. The lowest BCUT2D eigenvalue weighted by atomic mass is 9.97. The molecule has 1 N–H and O–H groups in total. The van der Waals surface area contributed by atoms with E-state index < -0.39 is 0 Å². The highest BCUT2D eigenvalue weighted by atomic mass is 32.2. The lowest BCUT2D eigenvalue weighted by molar-refractivity contribution is -0.121. The van der Waals surface area contributed by atoms with Crippen molar-refractivity contribution in [2.45, 2.75) is 38.3 Å². The third-order valence-electron chi connectivity index (χ3n) is 7.54. The Kier molecular flexibility index (Phi) is 10.6. The highest BCUT2D eigenvalue weighted by Gasteiger charge is 2.33. The number of thioether (sulfide) groups is 1. The largest absolute Gasteiger partial charge is 0.352 e. The molecule has 5 nitrogen and oxygen atoms in total. The number of amidine groups is 1. The van der Waals surface area contributed by atoms with Crippen molar-refractivity contribution in [1.29, 1.82) is 0 Å². The summed E-state index contributed by atoms with van der Waals surface area (Å²) in [5.74, 6) is 0.692. The third-order valence-corrected chi connectivity index (χ3v) is 8.58. The van der Waals surface area contributed by atoms with E-state index in [-0.39, 0.29) is 17.8 Å². The Labute approximate surface area is 258 Å². The first-order chi connectivity index (χ1) is 21.0. The van der Waals surface area contributed by atoms with Crippen LogP contribution in [-0.2, 0) is 11.3 Å². The van der Waals surface area contributed by atoms with Gasteiger partial charge in [-0.25, -0.2) is 9.38 Å². The third kappa shape index (κ3) is 8.33. The first kappa shape index (κ1) is 30.5. The minimum atomic E-state index is -0.250. The number of halogens is 1. The predicted molar refractivity (Wildman–Crippen MR) is 178 cm³/mol. The number of fused-ring (bicyclic) bond motifs is 1. The molecule has 5 rings (SSSR count). The van der Waals surface area contributed by atoms with Crippen molar-refractivity contribution in [1.82, 2.24) is 10.2 Å². The van der Waals surface area contributed by atoms with E-state index in [0.29, 0.717) is 13.0 Å². The summed E-state index contributed by atoms with van der Waals surface area (Å²) in [6, 6.07) is 32.7. The van der Waals surface area contributed by atoms with E-state index in [1.54, 1.807) is 23.9 Å². The Hall–Kier alpha value is -3.94. The van der Waals surface area contributed by atoms with Crippen LogP contribution in [-0.4, -0.2) is 42.4 Å². The van der Waals surface area contributed by atoms with Crippen LogP contribution in [0.4, 0.5) is 15.8 Å². The van der Waals surface area contributed by atoms with Crippen LogP contribution in [0.25, 0.3) is 11.1 Å². The van der Waals surface area contributed by atoms with E-state index in [1.165, 1.54) is 18.6 Å². The summed E-state index contributed by atoms with van der Waals surface area (Å²) in [5, 5.41) is 4.03. The summed E-state index contributed by atoms with van der Waals surface area (Å²) in [6.07, 6.45) is 3.72. The van der Waals surface area contributed by atoms with Crippen molar-refractivity contribution in [2.75, 3.05) is 31.3 Å². The van der Waals surface area contributed by atoms with E-state index in [9.17, 15) is 9.18 Å². The second-order valence-electron chi connectivity index (χ2n) is 11.1. The van der Waals surface area contributed by atoms with Gasteiger partial charge in [-0.05, 0) is 80.5 Å². The highest BCUT2D eigenvalue weighted by molar-refractivity contribution is 8.14. The molecule has 1 aliphatic heterocycles. The van der Waals surface area contributed by atoms with Gasteiger partial charge in [0.25, 0.3) is 0 Å². The van der Waals surface area contributed by atoms with E-state index in [0.717, 1.165) is 63.9 Å². The van der Waals surface area contributed by atoms with E-state index in [1.807, 2.05) is 48.5 Å². The summed E-state index contributed by atoms with van der Waals surface area (Å²) in [6.45, 7) is 1.58. The number of carbonyl (C=O) groups excluding carboxylic acids is 1. The number of nitrogens with one attached hydrogen (secondary N) is 1. The van der Waals surface area contributed by atoms with Crippen LogP contribution in [0.3, 0.4) is 0 Å².